The second-order valence-electron chi connectivity index (χ2n) is 4.55. The van der Waals surface area contributed by atoms with E-state index in [2.05, 4.69) is 29.6 Å². The lowest BCUT2D eigenvalue weighted by Gasteiger charge is -2.26. The fourth-order valence-electron chi connectivity index (χ4n) is 2.42. The quantitative estimate of drug-likeness (QED) is 0.650. The third-order valence-electron chi connectivity index (χ3n) is 3.37. The first-order valence-electron chi connectivity index (χ1n) is 6.26. The molecular weight excluding hydrogens is 256 g/mol. The Balaban J connectivity index is 1.75. The molecule has 0 radical (unpaired) electrons. The minimum atomic E-state index is -0.0222. The van der Waals surface area contributed by atoms with Crippen molar-refractivity contribution in [1.82, 2.24) is 0 Å². The molecule has 1 unspecified atom stereocenters. The zero-order chi connectivity index (χ0) is 12.7. The summed E-state index contributed by atoms with van der Waals surface area (Å²) in [5, 5.41) is 3.44. The highest BCUT2D eigenvalue weighted by molar-refractivity contribution is 7.17. The van der Waals surface area contributed by atoms with E-state index in [9.17, 15) is 0 Å². The van der Waals surface area contributed by atoms with E-state index < -0.39 is 0 Å². The van der Waals surface area contributed by atoms with Crippen LogP contribution in [-0.4, -0.2) is 6.61 Å². The van der Waals surface area contributed by atoms with E-state index in [4.69, 9.17) is 9.47 Å². The first-order chi connectivity index (χ1) is 9.42. The van der Waals surface area contributed by atoms with Gasteiger partial charge < -0.3 is 9.47 Å². The third-order valence-corrected chi connectivity index (χ3v) is 4.35. The maximum Gasteiger partial charge on any atom is 0.162 e. The van der Waals surface area contributed by atoms with Crippen LogP contribution in [0.25, 0.3) is 10.1 Å². The molecule has 1 aromatic heterocycles. The lowest BCUT2D eigenvalue weighted by atomic mass is 10.1. The number of hydrogen-bond acceptors (Lipinski definition) is 3. The Hall–Kier alpha value is -2.00. The summed E-state index contributed by atoms with van der Waals surface area (Å²) in [5.41, 5.74) is 1.22. The monoisotopic (exact) mass is 268 g/mol. The van der Waals surface area contributed by atoms with E-state index >= 15 is 0 Å². The fourth-order valence-corrected chi connectivity index (χ4v) is 3.42. The maximum atomic E-state index is 6.07. The molecule has 3 heteroatoms. The molecule has 0 amide bonds. The number of benzene rings is 2. The molecule has 1 aliphatic heterocycles. The van der Waals surface area contributed by atoms with Gasteiger partial charge in [0.05, 0.1) is 0 Å². The van der Waals surface area contributed by atoms with Crippen molar-refractivity contribution >= 4 is 21.4 Å². The maximum absolute atomic E-state index is 6.07. The highest BCUT2D eigenvalue weighted by atomic mass is 32.1. The molecule has 0 bridgehead atoms. The summed E-state index contributed by atoms with van der Waals surface area (Å²) in [6, 6.07) is 16.2. The number of thiophene rings is 1. The summed E-state index contributed by atoms with van der Waals surface area (Å²) in [5.74, 6) is 1.66. The van der Waals surface area contributed by atoms with Gasteiger partial charge in [0.15, 0.2) is 17.6 Å². The Morgan fingerprint density at radius 3 is 2.68 bits per heavy atom. The molecule has 19 heavy (non-hydrogen) atoms. The van der Waals surface area contributed by atoms with Crippen LogP contribution < -0.4 is 9.47 Å². The Kier molecular flexibility index (Phi) is 2.45. The molecule has 0 saturated carbocycles. The predicted octanol–water partition coefficient (Wildman–Crippen LogP) is 4.41. The van der Waals surface area contributed by atoms with E-state index in [-0.39, 0.29) is 6.10 Å². The van der Waals surface area contributed by atoms with Crippen molar-refractivity contribution in [2.45, 2.75) is 6.10 Å². The van der Waals surface area contributed by atoms with Gasteiger partial charge in [0.2, 0.25) is 0 Å². The van der Waals surface area contributed by atoms with Crippen LogP contribution in [0.1, 0.15) is 11.7 Å². The predicted molar refractivity (Wildman–Crippen MR) is 77.1 cm³/mol. The summed E-state index contributed by atoms with van der Waals surface area (Å²) in [6.07, 6.45) is -0.0222. The zero-order valence-electron chi connectivity index (χ0n) is 10.2. The van der Waals surface area contributed by atoms with Crippen LogP contribution in [-0.2, 0) is 0 Å². The van der Waals surface area contributed by atoms with Gasteiger partial charge >= 0.3 is 0 Å². The van der Waals surface area contributed by atoms with Crippen LogP contribution in [0, 0.1) is 0 Å². The van der Waals surface area contributed by atoms with Gasteiger partial charge in [-0.15, -0.1) is 11.3 Å². The second kappa shape index (κ2) is 4.28. The minimum Gasteiger partial charge on any atom is -0.485 e. The highest BCUT2D eigenvalue weighted by Gasteiger charge is 2.24. The van der Waals surface area contributed by atoms with Crippen LogP contribution in [0.3, 0.4) is 0 Å². The Labute approximate surface area is 115 Å². The van der Waals surface area contributed by atoms with E-state index in [0.717, 1.165) is 11.5 Å². The average molecular weight is 268 g/mol. The van der Waals surface area contributed by atoms with Crippen molar-refractivity contribution in [3.05, 3.63) is 59.5 Å². The number of para-hydroxylation sites is 2. The average Bonchev–Trinajstić information content (AvgIpc) is 2.91. The van der Waals surface area contributed by atoms with Crippen LogP contribution in [0.15, 0.2) is 53.9 Å². The third kappa shape index (κ3) is 1.78. The summed E-state index contributed by atoms with van der Waals surface area (Å²) in [7, 11) is 0. The highest BCUT2D eigenvalue weighted by Crippen LogP contribution is 2.39. The molecular formula is C16H12O2S. The lowest BCUT2D eigenvalue weighted by molar-refractivity contribution is 0.0925. The standard InChI is InChI=1S/C16H12O2S/c1-4-8-16-11(5-1)12(10-19-16)15-9-17-13-6-2-3-7-14(13)18-15/h1-8,10,15H,9H2. The van der Waals surface area contributed by atoms with Gasteiger partial charge in [-0.05, 0) is 29.0 Å². The smallest absolute Gasteiger partial charge is 0.162 e. The van der Waals surface area contributed by atoms with Gasteiger partial charge in [0.1, 0.15) is 6.61 Å². The van der Waals surface area contributed by atoms with Gasteiger partial charge in [0.25, 0.3) is 0 Å². The van der Waals surface area contributed by atoms with Crippen molar-refractivity contribution < 1.29 is 9.47 Å². The SMILES string of the molecule is c1ccc2c(c1)OCC(c1csc3ccccc13)O2. The molecule has 1 aliphatic rings. The van der Waals surface area contributed by atoms with Crippen molar-refractivity contribution in [2.75, 3.05) is 6.61 Å². The van der Waals surface area contributed by atoms with Gasteiger partial charge in [0, 0.05) is 10.3 Å². The van der Waals surface area contributed by atoms with Crippen LogP contribution in [0.2, 0.25) is 0 Å². The van der Waals surface area contributed by atoms with Gasteiger partial charge in [-0.2, -0.15) is 0 Å². The van der Waals surface area contributed by atoms with E-state index in [1.54, 1.807) is 11.3 Å². The van der Waals surface area contributed by atoms with Gasteiger partial charge in [-0.25, -0.2) is 0 Å². The molecule has 3 aromatic rings. The van der Waals surface area contributed by atoms with Gasteiger partial charge in [-0.1, -0.05) is 30.3 Å². The first kappa shape index (κ1) is 10.9. The minimum absolute atomic E-state index is 0.0222. The van der Waals surface area contributed by atoms with Crippen molar-refractivity contribution in [1.29, 1.82) is 0 Å². The summed E-state index contributed by atoms with van der Waals surface area (Å²) >= 11 is 1.75. The fraction of sp³-hybridized carbons (Fsp3) is 0.125. The molecule has 2 heterocycles. The Bertz CT molecular complexity index is 732. The molecule has 0 spiro atoms. The van der Waals surface area contributed by atoms with E-state index in [1.807, 2.05) is 24.3 Å². The van der Waals surface area contributed by atoms with Crippen LogP contribution in [0.4, 0.5) is 0 Å². The Morgan fingerprint density at radius 2 is 1.74 bits per heavy atom. The molecule has 0 saturated heterocycles. The largest absolute Gasteiger partial charge is 0.485 e. The van der Waals surface area contributed by atoms with Crippen molar-refractivity contribution in [2.24, 2.45) is 0 Å². The van der Waals surface area contributed by atoms with Crippen molar-refractivity contribution in [3.63, 3.8) is 0 Å². The lowest BCUT2D eigenvalue weighted by Crippen LogP contribution is -2.21. The van der Waals surface area contributed by atoms with Crippen LogP contribution >= 0.6 is 11.3 Å². The molecule has 0 fully saturated rings. The second-order valence-corrected chi connectivity index (χ2v) is 5.46. The van der Waals surface area contributed by atoms with E-state index in [1.165, 1.54) is 15.6 Å². The molecule has 94 valence electrons. The number of ether oxygens (including phenoxy) is 2. The van der Waals surface area contributed by atoms with Crippen molar-refractivity contribution in [3.8, 4) is 11.5 Å². The molecule has 2 nitrogen and oxygen atoms in total. The molecule has 1 atom stereocenters. The van der Waals surface area contributed by atoms with Crippen LogP contribution in [0.5, 0.6) is 11.5 Å². The molecule has 0 N–H and O–H groups in total. The first-order valence-corrected chi connectivity index (χ1v) is 7.14. The summed E-state index contributed by atoms with van der Waals surface area (Å²) in [6.45, 7) is 0.567. The molecule has 0 aliphatic carbocycles. The number of hydrogen-bond donors (Lipinski definition) is 0. The number of fused-ring (bicyclic) bond motifs is 2. The topological polar surface area (TPSA) is 18.5 Å². The van der Waals surface area contributed by atoms with E-state index in [0.29, 0.717) is 6.61 Å². The summed E-state index contributed by atoms with van der Waals surface area (Å²) in [4.78, 5) is 0. The summed E-state index contributed by atoms with van der Waals surface area (Å²) < 4.78 is 13.1. The van der Waals surface area contributed by atoms with Gasteiger partial charge in [-0.3, -0.25) is 0 Å². The normalized spacial score (nSPS) is 17.6. The zero-order valence-corrected chi connectivity index (χ0v) is 11.0. The number of rotatable bonds is 1. The molecule has 4 rings (SSSR count). The molecule has 2 aromatic carbocycles. The Morgan fingerprint density at radius 1 is 0.947 bits per heavy atom.